The van der Waals surface area contributed by atoms with Gasteiger partial charge >= 0.3 is 10.8 Å². The van der Waals surface area contributed by atoms with E-state index in [1.807, 2.05) is 18.2 Å². The van der Waals surface area contributed by atoms with Gasteiger partial charge in [-0.3, -0.25) is 19.0 Å². The minimum Gasteiger partial charge on any atom is -0.446 e. The Labute approximate surface area is 156 Å². The van der Waals surface area contributed by atoms with Crippen LogP contribution in [0.1, 0.15) is 36.6 Å². The maximum absolute atomic E-state index is 13.0. The number of nitrogens with zero attached hydrogens (tertiary/aromatic N) is 2. The highest BCUT2D eigenvalue weighted by Gasteiger charge is 2.30. The van der Waals surface area contributed by atoms with Crippen molar-refractivity contribution in [2.75, 3.05) is 13.1 Å². The highest BCUT2D eigenvalue weighted by molar-refractivity contribution is 7.07. The van der Waals surface area contributed by atoms with Crippen molar-refractivity contribution in [3.63, 3.8) is 0 Å². The van der Waals surface area contributed by atoms with Crippen LogP contribution in [0.3, 0.4) is 0 Å². The molecule has 0 unspecified atom stereocenters. The Hall–Kier alpha value is -2.41. The second kappa shape index (κ2) is 8.31. The molecule has 138 valence electrons. The van der Waals surface area contributed by atoms with Crippen molar-refractivity contribution in [3.05, 3.63) is 56.6 Å². The summed E-state index contributed by atoms with van der Waals surface area (Å²) >= 11 is 1.04. The Balaban J connectivity index is 1.78. The van der Waals surface area contributed by atoms with Crippen molar-refractivity contribution < 1.29 is 14.3 Å². The molecule has 0 N–H and O–H groups in total. The predicted octanol–water partition coefficient (Wildman–Crippen LogP) is 2.52. The fraction of sp³-hybridized carbons (Fsp3) is 0.421. The smallest absolute Gasteiger partial charge is 0.327 e. The van der Waals surface area contributed by atoms with Gasteiger partial charge in [-0.2, -0.15) is 0 Å². The number of carbonyl (C=O) groups excluding carboxylic acids is 2. The number of benzene rings is 1. The van der Waals surface area contributed by atoms with Crippen LogP contribution in [0.15, 0.2) is 40.5 Å². The van der Waals surface area contributed by atoms with Crippen LogP contribution in [0.5, 0.6) is 0 Å². The number of rotatable bonds is 5. The van der Waals surface area contributed by atoms with E-state index >= 15 is 0 Å². The van der Waals surface area contributed by atoms with Gasteiger partial charge in [-0.05, 0) is 26.2 Å². The molecule has 7 heteroatoms. The summed E-state index contributed by atoms with van der Waals surface area (Å²) in [5.41, 5.74) is 1.35. The zero-order chi connectivity index (χ0) is 18.5. The molecule has 3 rings (SSSR count). The summed E-state index contributed by atoms with van der Waals surface area (Å²) in [6.07, 6.45) is 2.06. The van der Waals surface area contributed by atoms with Crippen molar-refractivity contribution in [2.24, 2.45) is 0 Å². The molecule has 26 heavy (non-hydrogen) atoms. The zero-order valence-electron chi connectivity index (χ0n) is 14.7. The lowest BCUT2D eigenvalue weighted by molar-refractivity contribution is -0.162. The van der Waals surface area contributed by atoms with E-state index in [0.29, 0.717) is 24.3 Å². The molecule has 2 heterocycles. The van der Waals surface area contributed by atoms with Gasteiger partial charge in [0, 0.05) is 29.7 Å². The topological polar surface area (TPSA) is 68.6 Å². The Morgan fingerprint density at radius 2 is 1.85 bits per heavy atom. The minimum atomic E-state index is -0.976. The monoisotopic (exact) mass is 374 g/mol. The lowest BCUT2D eigenvalue weighted by Crippen LogP contribution is -2.40. The maximum atomic E-state index is 13.0. The average Bonchev–Trinajstić information content (AvgIpc) is 2.99. The lowest BCUT2D eigenvalue weighted by atomic mass is 10.1. The first-order valence-electron chi connectivity index (χ1n) is 8.74. The van der Waals surface area contributed by atoms with Crippen molar-refractivity contribution in [2.45, 2.75) is 38.8 Å². The highest BCUT2D eigenvalue weighted by atomic mass is 32.1. The molecule has 2 aromatic rings. The fourth-order valence-corrected chi connectivity index (χ4v) is 3.80. The maximum Gasteiger partial charge on any atom is 0.327 e. The number of piperidine rings is 1. The van der Waals surface area contributed by atoms with E-state index in [9.17, 15) is 14.4 Å². The normalized spacial score (nSPS) is 15.5. The summed E-state index contributed by atoms with van der Waals surface area (Å²) in [4.78, 5) is 38.8. The van der Waals surface area contributed by atoms with Crippen LogP contribution in [-0.2, 0) is 20.9 Å². The third-order valence-electron chi connectivity index (χ3n) is 4.51. The van der Waals surface area contributed by atoms with E-state index in [0.717, 1.165) is 30.6 Å². The van der Waals surface area contributed by atoms with Crippen LogP contribution >= 0.6 is 11.3 Å². The first-order chi connectivity index (χ1) is 12.6. The van der Waals surface area contributed by atoms with E-state index in [4.69, 9.17) is 4.74 Å². The number of thiazole rings is 1. The van der Waals surface area contributed by atoms with Gasteiger partial charge in [0.25, 0.3) is 5.91 Å². The third kappa shape index (κ3) is 4.22. The molecule has 1 aromatic carbocycles. The quantitative estimate of drug-likeness (QED) is 0.754. The zero-order valence-corrected chi connectivity index (χ0v) is 15.5. The highest BCUT2D eigenvalue weighted by Crippen LogP contribution is 2.23. The van der Waals surface area contributed by atoms with Gasteiger partial charge in [0.2, 0.25) is 6.10 Å². The molecule has 0 radical (unpaired) electrons. The van der Waals surface area contributed by atoms with Crippen LogP contribution in [0.2, 0.25) is 0 Å². The number of carbonyl (C=O) groups is 2. The number of likely N-dealkylation sites (tertiary alicyclic amines) is 1. The number of aromatic nitrogens is 1. The van der Waals surface area contributed by atoms with Crippen molar-refractivity contribution in [3.8, 4) is 0 Å². The summed E-state index contributed by atoms with van der Waals surface area (Å²) < 4.78 is 6.91. The lowest BCUT2D eigenvalue weighted by Gasteiger charge is -2.30. The molecular weight excluding hydrogens is 352 g/mol. The Morgan fingerprint density at radius 3 is 2.46 bits per heavy atom. The van der Waals surface area contributed by atoms with E-state index < -0.39 is 12.1 Å². The number of hydrogen-bond donors (Lipinski definition) is 0. The van der Waals surface area contributed by atoms with Gasteiger partial charge in [0.15, 0.2) is 0 Å². The van der Waals surface area contributed by atoms with E-state index in [1.165, 1.54) is 4.57 Å². The third-order valence-corrected chi connectivity index (χ3v) is 5.39. The summed E-state index contributed by atoms with van der Waals surface area (Å²) in [7, 11) is 0. The number of esters is 1. The molecule has 1 saturated heterocycles. The van der Waals surface area contributed by atoms with Gasteiger partial charge in [0.1, 0.15) is 6.54 Å². The molecule has 1 aliphatic rings. The van der Waals surface area contributed by atoms with Crippen LogP contribution in [0.25, 0.3) is 0 Å². The molecule has 0 bridgehead atoms. The average molecular weight is 374 g/mol. The van der Waals surface area contributed by atoms with Crippen molar-refractivity contribution >= 4 is 23.2 Å². The number of ether oxygens (including phenoxy) is 1. The van der Waals surface area contributed by atoms with Gasteiger partial charge in [-0.25, -0.2) is 0 Å². The standard InChI is InChI=1S/C19H22N2O4S/c1-14-13-26-19(24)21(14)12-16(22)25-17(15-8-4-2-5-9-15)18(23)20-10-6-3-7-11-20/h2,4-5,8-9,13,17H,3,6-7,10-12H2,1H3/t17-/m1/s1. The first kappa shape index (κ1) is 18.4. The summed E-state index contributed by atoms with van der Waals surface area (Å²) in [6, 6.07) is 9.03. The Bertz CT molecular complexity index is 822. The number of aryl methyl sites for hydroxylation is 1. The van der Waals surface area contributed by atoms with E-state index in [-0.39, 0.29) is 17.3 Å². The predicted molar refractivity (Wildman–Crippen MR) is 99.0 cm³/mol. The van der Waals surface area contributed by atoms with Crippen LogP contribution in [0, 0.1) is 6.92 Å². The van der Waals surface area contributed by atoms with Crippen molar-refractivity contribution in [1.29, 1.82) is 0 Å². The van der Waals surface area contributed by atoms with Gasteiger partial charge < -0.3 is 9.64 Å². The molecule has 0 aliphatic carbocycles. The largest absolute Gasteiger partial charge is 0.446 e. The summed E-state index contributed by atoms with van der Waals surface area (Å²) in [6.45, 7) is 2.94. The van der Waals surface area contributed by atoms with E-state index in [1.54, 1.807) is 29.3 Å². The Kier molecular flexibility index (Phi) is 5.88. The second-order valence-electron chi connectivity index (χ2n) is 6.40. The number of amides is 1. The molecule has 0 saturated carbocycles. The van der Waals surface area contributed by atoms with Gasteiger partial charge in [-0.15, -0.1) is 0 Å². The molecule has 1 aliphatic heterocycles. The first-order valence-corrected chi connectivity index (χ1v) is 9.62. The Morgan fingerprint density at radius 1 is 1.15 bits per heavy atom. The minimum absolute atomic E-state index is 0.190. The molecule has 1 fully saturated rings. The molecule has 1 aromatic heterocycles. The number of hydrogen-bond acceptors (Lipinski definition) is 5. The van der Waals surface area contributed by atoms with Crippen LogP contribution in [0.4, 0.5) is 0 Å². The molecule has 1 atom stereocenters. The SMILES string of the molecule is Cc1csc(=O)n1CC(=O)O[C@@H](C(=O)N1CCCCC1)c1ccccc1. The van der Waals surface area contributed by atoms with Crippen molar-refractivity contribution in [1.82, 2.24) is 9.47 Å². The summed E-state index contributed by atoms with van der Waals surface area (Å²) in [5.74, 6) is -0.786. The van der Waals surface area contributed by atoms with Gasteiger partial charge in [-0.1, -0.05) is 41.7 Å². The van der Waals surface area contributed by atoms with E-state index in [2.05, 4.69) is 0 Å². The molecule has 1 amide bonds. The van der Waals surface area contributed by atoms with Crippen LogP contribution in [-0.4, -0.2) is 34.4 Å². The fourth-order valence-electron chi connectivity index (χ4n) is 3.06. The molecule has 0 spiro atoms. The molecule has 6 nitrogen and oxygen atoms in total. The molecular formula is C19H22N2O4S. The van der Waals surface area contributed by atoms with Crippen LogP contribution < -0.4 is 4.87 Å². The summed E-state index contributed by atoms with van der Waals surface area (Å²) in [5, 5.41) is 1.70. The second-order valence-corrected chi connectivity index (χ2v) is 7.22. The van der Waals surface area contributed by atoms with Gasteiger partial charge in [0.05, 0.1) is 0 Å².